The maximum Gasteiger partial charge on any atom is 0.410 e. The molecule has 0 aromatic rings. The first kappa shape index (κ1) is 14.4. The lowest BCUT2D eigenvalue weighted by Gasteiger charge is -2.28. The van der Waals surface area contributed by atoms with Crippen LogP contribution in [-0.2, 0) is 20.0 Å². The monoisotopic (exact) mass is 263 g/mol. The fourth-order valence-corrected chi connectivity index (χ4v) is 2.09. The quantitative estimate of drug-likeness (QED) is 0.777. The molecule has 2 atom stereocenters. The molecule has 1 aliphatic heterocycles. The Morgan fingerprint density at radius 2 is 2.12 bits per heavy atom. The maximum absolute atomic E-state index is 11.9. The second-order valence-electron chi connectivity index (χ2n) is 5.16. The molecule has 17 heavy (non-hydrogen) atoms. The second-order valence-corrected chi connectivity index (χ2v) is 6.19. The Bertz CT molecular complexity index is 300. The molecule has 0 radical (unpaired) electrons. The molecule has 0 bridgehead atoms. The van der Waals surface area contributed by atoms with Crippen LogP contribution in [0.1, 0.15) is 33.6 Å². The summed E-state index contributed by atoms with van der Waals surface area (Å²) in [6, 6.07) is -0.0197. The molecule has 0 saturated carbocycles. The highest BCUT2D eigenvalue weighted by Crippen LogP contribution is 2.21. The lowest BCUT2D eigenvalue weighted by atomic mass is 10.2. The second kappa shape index (κ2) is 5.82. The number of likely N-dealkylation sites (tertiary alicyclic amines) is 1. The molecule has 1 saturated heterocycles. The van der Waals surface area contributed by atoms with E-state index in [9.17, 15) is 9.00 Å². The van der Waals surface area contributed by atoms with Gasteiger partial charge in [0.25, 0.3) is 0 Å². The molecule has 0 N–H and O–H groups in total. The van der Waals surface area contributed by atoms with Crippen LogP contribution >= 0.6 is 0 Å². The lowest BCUT2D eigenvalue weighted by Crippen LogP contribution is -2.41. The highest BCUT2D eigenvalue weighted by atomic mass is 32.2. The van der Waals surface area contributed by atoms with Gasteiger partial charge in [-0.2, -0.15) is 0 Å². The number of carbonyl (C=O) groups excluding carboxylic acids is 1. The van der Waals surface area contributed by atoms with Gasteiger partial charge in [-0.25, -0.2) is 9.00 Å². The van der Waals surface area contributed by atoms with E-state index in [0.29, 0.717) is 13.2 Å². The summed E-state index contributed by atoms with van der Waals surface area (Å²) in [5, 5.41) is 0. The molecule has 1 rings (SSSR count). The van der Waals surface area contributed by atoms with Crippen molar-refractivity contribution in [3.8, 4) is 0 Å². The molecule has 100 valence electrons. The zero-order valence-corrected chi connectivity index (χ0v) is 11.7. The standard InChI is InChI=1S/C11H21NO4S/c1-11(2,3)16-10(13)12-7-5-6-9(12)8-15-17(4)14/h9H,5-8H2,1-4H3/t9-,17?/m0/s1. The largest absolute Gasteiger partial charge is 0.444 e. The van der Waals surface area contributed by atoms with Crippen molar-refractivity contribution in [2.75, 3.05) is 19.4 Å². The minimum atomic E-state index is -1.29. The Morgan fingerprint density at radius 3 is 2.65 bits per heavy atom. The van der Waals surface area contributed by atoms with Crippen LogP contribution in [0.3, 0.4) is 0 Å². The third-order valence-corrected chi connectivity index (χ3v) is 2.90. The number of carbonyl (C=O) groups is 1. The Kier molecular flexibility index (Phi) is 4.94. The number of nitrogens with zero attached hydrogens (tertiary/aromatic N) is 1. The smallest absolute Gasteiger partial charge is 0.410 e. The summed E-state index contributed by atoms with van der Waals surface area (Å²) in [6.07, 6.45) is 2.97. The molecule has 1 aliphatic rings. The van der Waals surface area contributed by atoms with Crippen molar-refractivity contribution in [1.82, 2.24) is 4.90 Å². The van der Waals surface area contributed by atoms with E-state index >= 15 is 0 Å². The van der Waals surface area contributed by atoms with Crippen LogP contribution in [0.15, 0.2) is 0 Å². The van der Waals surface area contributed by atoms with Gasteiger partial charge in [-0.3, -0.25) is 4.18 Å². The van der Waals surface area contributed by atoms with Gasteiger partial charge in [-0.15, -0.1) is 0 Å². The number of hydrogen-bond donors (Lipinski definition) is 0. The molecule has 5 nitrogen and oxygen atoms in total. The topological polar surface area (TPSA) is 55.8 Å². The van der Waals surface area contributed by atoms with Gasteiger partial charge in [0.15, 0.2) is 11.1 Å². The van der Waals surface area contributed by atoms with E-state index in [1.807, 2.05) is 20.8 Å². The van der Waals surface area contributed by atoms with Gasteiger partial charge in [0.2, 0.25) is 0 Å². The van der Waals surface area contributed by atoms with Crippen LogP contribution in [0, 0.1) is 0 Å². The predicted octanol–water partition coefficient (Wildman–Crippen LogP) is 1.70. The highest BCUT2D eigenvalue weighted by molar-refractivity contribution is 7.79. The Morgan fingerprint density at radius 1 is 1.47 bits per heavy atom. The van der Waals surface area contributed by atoms with Gasteiger partial charge < -0.3 is 9.64 Å². The van der Waals surface area contributed by atoms with E-state index < -0.39 is 16.7 Å². The first-order valence-corrected chi connectivity index (χ1v) is 7.24. The van der Waals surface area contributed by atoms with E-state index in [-0.39, 0.29) is 12.1 Å². The molecule has 0 spiro atoms. The van der Waals surface area contributed by atoms with Gasteiger partial charge >= 0.3 is 6.09 Å². The zero-order chi connectivity index (χ0) is 13.1. The molecule has 0 aliphatic carbocycles. The summed E-state index contributed by atoms with van der Waals surface area (Å²) < 4.78 is 21.2. The zero-order valence-electron chi connectivity index (χ0n) is 10.9. The normalized spacial score (nSPS) is 22.6. The molecule has 1 unspecified atom stereocenters. The van der Waals surface area contributed by atoms with Crippen molar-refractivity contribution < 1.29 is 17.9 Å². The van der Waals surface area contributed by atoms with Gasteiger partial charge in [0.05, 0.1) is 12.6 Å². The fourth-order valence-electron chi connectivity index (χ4n) is 1.74. The third kappa shape index (κ3) is 5.04. The van der Waals surface area contributed by atoms with Crippen LogP contribution in [0.25, 0.3) is 0 Å². The van der Waals surface area contributed by atoms with Gasteiger partial charge in [-0.1, -0.05) is 0 Å². The SMILES string of the molecule is CS(=O)OC[C@@H]1CCCN1C(=O)OC(C)(C)C. The van der Waals surface area contributed by atoms with Crippen LogP contribution in [-0.4, -0.2) is 46.3 Å². The Hall–Kier alpha value is -0.620. The predicted molar refractivity (Wildman–Crippen MR) is 66.0 cm³/mol. The van der Waals surface area contributed by atoms with Crippen LogP contribution in [0.4, 0.5) is 4.79 Å². The van der Waals surface area contributed by atoms with Crippen LogP contribution < -0.4 is 0 Å². The van der Waals surface area contributed by atoms with Crippen molar-refractivity contribution in [1.29, 1.82) is 0 Å². The first-order chi connectivity index (χ1) is 7.79. The van der Waals surface area contributed by atoms with E-state index in [1.165, 1.54) is 6.26 Å². The van der Waals surface area contributed by atoms with Crippen molar-refractivity contribution in [2.45, 2.75) is 45.3 Å². The molecule has 0 aromatic heterocycles. The number of rotatable bonds is 3. The van der Waals surface area contributed by atoms with Gasteiger partial charge in [0.1, 0.15) is 5.60 Å². The third-order valence-electron chi connectivity index (χ3n) is 2.43. The van der Waals surface area contributed by atoms with Gasteiger partial charge in [0, 0.05) is 12.8 Å². The van der Waals surface area contributed by atoms with Crippen LogP contribution in [0.2, 0.25) is 0 Å². The number of hydrogen-bond acceptors (Lipinski definition) is 4. The van der Waals surface area contributed by atoms with Crippen LogP contribution in [0.5, 0.6) is 0 Å². The first-order valence-electron chi connectivity index (χ1n) is 5.76. The summed E-state index contributed by atoms with van der Waals surface area (Å²) in [5.74, 6) is 0. The number of amides is 1. The highest BCUT2D eigenvalue weighted by Gasteiger charge is 2.32. The van der Waals surface area contributed by atoms with Crippen molar-refractivity contribution in [2.24, 2.45) is 0 Å². The molecule has 1 heterocycles. The summed E-state index contributed by atoms with van der Waals surface area (Å²) in [5.41, 5.74) is -0.487. The lowest BCUT2D eigenvalue weighted by molar-refractivity contribution is 0.0192. The van der Waals surface area contributed by atoms with E-state index in [1.54, 1.807) is 4.90 Å². The van der Waals surface area contributed by atoms with Crippen molar-refractivity contribution in [3.05, 3.63) is 0 Å². The molecule has 6 heteroatoms. The summed E-state index contributed by atoms with van der Waals surface area (Å²) in [6.45, 7) is 6.51. The van der Waals surface area contributed by atoms with E-state index in [2.05, 4.69) is 0 Å². The summed E-state index contributed by atoms with van der Waals surface area (Å²) >= 11 is -1.29. The average molecular weight is 263 g/mol. The van der Waals surface area contributed by atoms with E-state index in [4.69, 9.17) is 8.92 Å². The average Bonchev–Trinajstić information content (AvgIpc) is 2.59. The van der Waals surface area contributed by atoms with Crippen molar-refractivity contribution in [3.63, 3.8) is 0 Å². The Balaban J connectivity index is 2.51. The fraction of sp³-hybridized carbons (Fsp3) is 0.909. The summed E-state index contributed by atoms with van der Waals surface area (Å²) in [4.78, 5) is 13.6. The van der Waals surface area contributed by atoms with E-state index in [0.717, 1.165) is 12.8 Å². The molecular weight excluding hydrogens is 242 g/mol. The summed E-state index contributed by atoms with van der Waals surface area (Å²) in [7, 11) is 0. The minimum Gasteiger partial charge on any atom is -0.444 e. The van der Waals surface area contributed by atoms with Gasteiger partial charge in [-0.05, 0) is 33.6 Å². The molecule has 1 fully saturated rings. The molecule has 0 aromatic carbocycles. The maximum atomic E-state index is 11.9. The molecular formula is C11H21NO4S. The van der Waals surface area contributed by atoms with Crippen molar-refractivity contribution >= 4 is 17.2 Å². The Labute approximate surface area is 105 Å². The number of ether oxygens (including phenoxy) is 1. The minimum absolute atomic E-state index is 0.0197. The molecule has 1 amide bonds.